The molecule has 1 saturated carbocycles. The van der Waals surface area contributed by atoms with E-state index in [-0.39, 0.29) is 11.9 Å². The first kappa shape index (κ1) is 14.4. The number of rotatable bonds is 3. The molecule has 6 nitrogen and oxygen atoms in total. The van der Waals surface area contributed by atoms with Gasteiger partial charge in [0, 0.05) is 6.54 Å². The number of hydrogen-bond acceptors (Lipinski definition) is 3. The zero-order valence-corrected chi connectivity index (χ0v) is 13.0. The van der Waals surface area contributed by atoms with E-state index in [2.05, 4.69) is 10.4 Å². The molecule has 1 N–H and O–H groups in total. The van der Waals surface area contributed by atoms with Gasteiger partial charge < -0.3 is 4.90 Å². The van der Waals surface area contributed by atoms with E-state index in [1.807, 2.05) is 13.8 Å². The van der Waals surface area contributed by atoms with Gasteiger partial charge in [-0.05, 0) is 26.7 Å². The fourth-order valence-electron chi connectivity index (χ4n) is 3.45. The molecule has 1 aliphatic heterocycles. The summed E-state index contributed by atoms with van der Waals surface area (Å²) < 4.78 is 1.80. The largest absolute Gasteiger partial charge is 0.325 e. The van der Waals surface area contributed by atoms with Crippen LogP contribution in [-0.4, -0.2) is 32.2 Å². The zero-order chi connectivity index (χ0) is 15.2. The number of urea groups is 1. The third kappa shape index (κ3) is 2.04. The van der Waals surface area contributed by atoms with E-state index in [0.717, 1.165) is 37.1 Å². The molecule has 2 fully saturated rings. The molecule has 7 heteroatoms. The van der Waals surface area contributed by atoms with Crippen LogP contribution >= 0.6 is 11.6 Å². The van der Waals surface area contributed by atoms with E-state index in [4.69, 9.17) is 11.6 Å². The second-order valence-electron chi connectivity index (χ2n) is 5.75. The minimum absolute atomic E-state index is 0.166. The van der Waals surface area contributed by atoms with Gasteiger partial charge in [-0.3, -0.25) is 14.8 Å². The number of imide groups is 1. The van der Waals surface area contributed by atoms with Crippen LogP contribution < -0.4 is 5.32 Å². The molecule has 2 heterocycles. The Morgan fingerprint density at radius 1 is 1.33 bits per heavy atom. The lowest BCUT2D eigenvalue weighted by Gasteiger charge is -2.31. The summed E-state index contributed by atoms with van der Waals surface area (Å²) in [6.45, 7) is 4.83. The Balaban J connectivity index is 1.97. The van der Waals surface area contributed by atoms with Crippen LogP contribution in [0.5, 0.6) is 0 Å². The summed E-state index contributed by atoms with van der Waals surface area (Å²) >= 11 is 6.32. The van der Waals surface area contributed by atoms with Crippen LogP contribution in [0.2, 0.25) is 5.02 Å². The van der Waals surface area contributed by atoms with Crippen LogP contribution in [0.4, 0.5) is 4.79 Å². The second-order valence-corrected chi connectivity index (χ2v) is 6.12. The first-order valence-corrected chi connectivity index (χ1v) is 7.72. The molecule has 1 spiro atoms. The van der Waals surface area contributed by atoms with Crippen molar-refractivity contribution >= 4 is 23.5 Å². The second kappa shape index (κ2) is 5.02. The average molecular weight is 311 g/mol. The van der Waals surface area contributed by atoms with Gasteiger partial charge >= 0.3 is 6.03 Å². The summed E-state index contributed by atoms with van der Waals surface area (Å²) in [4.78, 5) is 26.1. The molecule has 0 unspecified atom stereocenters. The molecule has 114 valence electrons. The van der Waals surface area contributed by atoms with Crippen molar-refractivity contribution in [1.29, 1.82) is 0 Å². The molecule has 0 radical (unpaired) electrons. The molecule has 1 saturated heterocycles. The van der Waals surface area contributed by atoms with Crippen molar-refractivity contribution in [2.45, 2.75) is 58.2 Å². The van der Waals surface area contributed by atoms with E-state index < -0.39 is 5.54 Å². The highest BCUT2D eigenvalue weighted by Gasteiger charge is 2.54. The number of nitrogens with one attached hydrogen (secondary N) is 1. The number of hydrogen-bond donors (Lipinski definition) is 1. The van der Waals surface area contributed by atoms with Gasteiger partial charge in [-0.2, -0.15) is 5.10 Å². The van der Waals surface area contributed by atoms with Crippen LogP contribution in [0.3, 0.4) is 0 Å². The Morgan fingerprint density at radius 2 is 2.00 bits per heavy atom. The quantitative estimate of drug-likeness (QED) is 0.871. The maximum absolute atomic E-state index is 12.2. The first-order chi connectivity index (χ1) is 9.99. The van der Waals surface area contributed by atoms with Gasteiger partial charge in [0.25, 0.3) is 5.91 Å². The maximum Gasteiger partial charge on any atom is 0.325 e. The predicted octanol–water partition coefficient (Wildman–Crippen LogP) is 2.23. The smallest absolute Gasteiger partial charge is 0.304 e. The van der Waals surface area contributed by atoms with E-state index in [9.17, 15) is 9.59 Å². The fraction of sp³-hybridized carbons (Fsp3) is 0.643. The van der Waals surface area contributed by atoms with Gasteiger partial charge in [0.15, 0.2) is 0 Å². The van der Waals surface area contributed by atoms with Gasteiger partial charge in [0.2, 0.25) is 0 Å². The van der Waals surface area contributed by atoms with Crippen molar-refractivity contribution in [2.24, 2.45) is 0 Å². The minimum atomic E-state index is -0.683. The van der Waals surface area contributed by atoms with E-state index in [1.54, 1.807) is 9.58 Å². The Bertz CT molecular complexity index is 604. The molecule has 1 aromatic heterocycles. The van der Waals surface area contributed by atoms with E-state index >= 15 is 0 Å². The molecule has 3 rings (SSSR count). The maximum atomic E-state index is 12.2. The van der Waals surface area contributed by atoms with Gasteiger partial charge in [0.1, 0.15) is 5.54 Å². The van der Waals surface area contributed by atoms with Crippen LogP contribution in [0, 0.1) is 6.92 Å². The molecule has 2 aliphatic rings. The lowest BCUT2D eigenvalue weighted by atomic mass is 9.96. The fourth-order valence-corrected chi connectivity index (χ4v) is 3.64. The monoisotopic (exact) mass is 310 g/mol. The first-order valence-electron chi connectivity index (χ1n) is 7.34. The van der Waals surface area contributed by atoms with Crippen LogP contribution in [-0.2, 0) is 17.9 Å². The standard InChI is InChI=1S/C14H19ClN4O2/c1-3-19-10(11(15)9(2)17-19)8-18-13(21)16-12(20)14(18)6-4-5-7-14/h3-8H2,1-2H3,(H,16,20,21). The Kier molecular flexibility index (Phi) is 3.43. The third-order valence-corrected chi connectivity index (χ3v) is 5.09. The van der Waals surface area contributed by atoms with Crippen LogP contribution in [0.25, 0.3) is 0 Å². The summed E-state index contributed by atoms with van der Waals surface area (Å²) in [5, 5.41) is 7.41. The third-order valence-electron chi connectivity index (χ3n) is 4.60. The topological polar surface area (TPSA) is 67.2 Å². The van der Waals surface area contributed by atoms with Gasteiger partial charge in [-0.25, -0.2) is 4.79 Å². The number of amides is 3. The van der Waals surface area contributed by atoms with Crippen molar-refractivity contribution in [1.82, 2.24) is 20.0 Å². The normalized spacial score (nSPS) is 20.6. The highest BCUT2D eigenvalue weighted by Crippen LogP contribution is 2.40. The van der Waals surface area contributed by atoms with Crippen molar-refractivity contribution < 1.29 is 9.59 Å². The summed E-state index contributed by atoms with van der Waals surface area (Å²) in [5.41, 5.74) is 0.865. The van der Waals surface area contributed by atoms with Gasteiger partial charge in [-0.15, -0.1) is 0 Å². The highest BCUT2D eigenvalue weighted by molar-refractivity contribution is 6.31. The lowest BCUT2D eigenvalue weighted by Crippen LogP contribution is -2.47. The summed E-state index contributed by atoms with van der Waals surface area (Å²) in [6, 6.07) is -0.320. The van der Waals surface area contributed by atoms with Gasteiger partial charge in [0.05, 0.1) is 23.0 Å². The van der Waals surface area contributed by atoms with Crippen molar-refractivity contribution in [3.05, 3.63) is 16.4 Å². The number of aromatic nitrogens is 2. The van der Waals surface area contributed by atoms with E-state index in [1.165, 1.54) is 0 Å². The molecule has 21 heavy (non-hydrogen) atoms. The number of halogens is 1. The number of carbonyl (C=O) groups is 2. The van der Waals surface area contributed by atoms with Crippen LogP contribution in [0.1, 0.15) is 44.0 Å². The number of carbonyl (C=O) groups excluding carboxylic acids is 2. The summed E-state index contributed by atoms with van der Waals surface area (Å²) in [5.74, 6) is -0.166. The number of aryl methyl sites for hydroxylation is 2. The number of nitrogens with zero attached hydrogens (tertiary/aromatic N) is 3. The van der Waals surface area contributed by atoms with Crippen LogP contribution in [0.15, 0.2) is 0 Å². The predicted molar refractivity (Wildman–Crippen MR) is 77.9 cm³/mol. The molecule has 3 amide bonds. The molecule has 0 atom stereocenters. The zero-order valence-electron chi connectivity index (χ0n) is 12.3. The Hall–Kier alpha value is -1.56. The molecular formula is C14H19ClN4O2. The van der Waals surface area contributed by atoms with Crippen molar-refractivity contribution in [2.75, 3.05) is 0 Å². The highest BCUT2D eigenvalue weighted by atomic mass is 35.5. The lowest BCUT2D eigenvalue weighted by molar-refractivity contribution is -0.126. The summed E-state index contributed by atoms with van der Waals surface area (Å²) in [6.07, 6.45) is 3.39. The van der Waals surface area contributed by atoms with Crippen molar-refractivity contribution in [3.63, 3.8) is 0 Å². The Morgan fingerprint density at radius 3 is 2.62 bits per heavy atom. The molecule has 0 aromatic carbocycles. The van der Waals surface area contributed by atoms with E-state index in [0.29, 0.717) is 18.1 Å². The molecule has 1 aromatic rings. The average Bonchev–Trinajstić information content (AvgIpc) is 3.09. The summed E-state index contributed by atoms with van der Waals surface area (Å²) in [7, 11) is 0. The van der Waals surface area contributed by atoms with Gasteiger partial charge in [-0.1, -0.05) is 24.4 Å². The SMILES string of the molecule is CCn1nc(C)c(Cl)c1CN1C(=O)NC(=O)C12CCCC2. The molecule has 1 aliphatic carbocycles. The Labute approximate surface area is 128 Å². The van der Waals surface area contributed by atoms with Crippen molar-refractivity contribution in [3.8, 4) is 0 Å². The molecule has 0 bridgehead atoms. The molecular weight excluding hydrogens is 292 g/mol. The minimum Gasteiger partial charge on any atom is -0.304 e.